The molecule has 0 aliphatic heterocycles. The fourth-order valence-electron chi connectivity index (χ4n) is 1.57. The van der Waals surface area contributed by atoms with Crippen LogP contribution in [-0.2, 0) is 0 Å². The Morgan fingerprint density at radius 3 is 2.25 bits per heavy atom. The highest BCUT2D eigenvalue weighted by Gasteiger charge is 2.36. The van der Waals surface area contributed by atoms with E-state index in [-0.39, 0.29) is 17.4 Å². The standard InChI is InChI=1S/C9H13F3/c1-8(2)5-3-4-7(6-8)9(10,11)12/h6H,3-5H2,1-2H3. The van der Waals surface area contributed by atoms with E-state index in [4.69, 9.17) is 0 Å². The zero-order valence-electron chi connectivity index (χ0n) is 7.33. The Labute approximate surface area is 70.5 Å². The summed E-state index contributed by atoms with van der Waals surface area (Å²) < 4.78 is 36.6. The molecule has 70 valence electrons. The molecule has 0 saturated carbocycles. The molecular formula is C9H13F3. The van der Waals surface area contributed by atoms with Gasteiger partial charge >= 0.3 is 6.18 Å². The first kappa shape index (κ1) is 9.62. The summed E-state index contributed by atoms with van der Waals surface area (Å²) in [5.41, 5.74) is -0.623. The molecule has 0 aromatic rings. The summed E-state index contributed by atoms with van der Waals surface area (Å²) in [6.45, 7) is 3.69. The van der Waals surface area contributed by atoms with Crippen LogP contribution < -0.4 is 0 Å². The van der Waals surface area contributed by atoms with Gasteiger partial charge in [-0.15, -0.1) is 0 Å². The molecule has 0 spiro atoms. The first-order valence-corrected chi connectivity index (χ1v) is 4.10. The minimum absolute atomic E-state index is 0.187. The molecule has 1 aliphatic rings. The van der Waals surface area contributed by atoms with Gasteiger partial charge in [0, 0.05) is 5.57 Å². The van der Waals surface area contributed by atoms with Gasteiger partial charge in [-0.3, -0.25) is 0 Å². The molecule has 0 saturated heterocycles. The largest absolute Gasteiger partial charge is 0.412 e. The van der Waals surface area contributed by atoms with Crippen molar-refractivity contribution in [2.24, 2.45) is 5.41 Å². The minimum atomic E-state index is -4.11. The Hall–Kier alpha value is -0.470. The molecule has 0 aromatic heterocycles. The zero-order valence-corrected chi connectivity index (χ0v) is 7.33. The van der Waals surface area contributed by atoms with Crippen LogP contribution in [0.5, 0.6) is 0 Å². The maximum Gasteiger partial charge on any atom is 0.412 e. The van der Waals surface area contributed by atoms with Crippen molar-refractivity contribution in [1.82, 2.24) is 0 Å². The summed E-state index contributed by atoms with van der Waals surface area (Å²) in [4.78, 5) is 0. The van der Waals surface area contributed by atoms with Gasteiger partial charge in [0.15, 0.2) is 0 Å². The molecule has 0 unspecified atom stereocenters. The minimum Gasteiger partial charge on any atom is -0.166 e. The molecule has 1 rings (SSSR count). The summed E-state index contributed by atoms with van der Waals surface area (Å²) >= 11 is 0. The third kappa shape index (κ3) is 2.26. The second-order valence-corrected chi connectivity index (χ2v) is 4.01. The van der Waals surface area contributed by atoms with E-state index in [9.17, 15) is 13.2 Å². The predicted molar refractivity (Wildman–Crippen MR) is 41.8 cm³/mol. The van der Waals surface area contributed by atoms with Crippen molar-refractivity contribution in [1.29, 1.82) is 0 Å². The smallest absolute Gasteiger partial charge is 0.166 e. The van der Waals surface area contributed by atoms with E-state index in [1.54, 1.807) is 0 Å². The molecular weight excluding hydrogens is 165 g/mol. The van der Waals surface area contributed by atoms with Crippen molar-refractivity contribution in [2.45, 2.75) is 39.3 Å². The lowest BCUT2D eigenvalue weighted by molar-refractivity contribution is -0.0962. The normalized spacial score (nSPS) is 23.6. The van der Waals surface area contributed by atoms with E-state index in [0.29, 0.717) is 6.42 Å². The van der Waals surface area contributed by atoms with Gasteiger partial charge in [0.2, 0.25) is 0 Å². The van der Waals surface area contributed by atoms with Crippen molar-refractivity contribution in [3.63, 3.8) is 0 Å². The average Bonchev–Trinajstić information content (AvgIpc) is 1.83. The number of halogens is 3. The van der Waals surface area contributed by atoms with E-state index in [0.717, 1.165) is 6.42 Å². The van der Waals surface area contributed by atoms with Crippen molar-refractivity contribution < 1.29 is 13.2 Å². The summed E-state index contributed by atoms with van der Waals surface area (Å²) in [5.74, 6) is 0. The van der Waals surface area contributed by atoms with Crippen LogP contribution in [0.1, 0.15) is 33.1 Å². The van der Waals surface area contributed by atoms with Crippen LogP contribution in [0.4, 0.5) is 13.2 Å². The first-order valence-electron chi connectivity index (χ1n) is 4.10. The highest BCUT2D eigenvalue weighted by atomic mass is 19.4. The molecule has 12 heavy (non-hydrogen) atoms. The molecule has 0 fully saturated rings. The second-order valence-electron chi connectivity index (χ2n) is 4.01. The number of hydrogen-bond acceptors (Lipinski definition) is 0. The van der Waals surface area contributed by atoms with Gasteiger partial charge in [0.25, 0.3) is 0 Å². The molecule has 0 nitrogen and oxygen atoms in total. The number of hydrogen-bond donors (Lipinski definition) is 0. The van der Waals surface area contributed by atoms with Gasteiger partial charge in [-0.1, -0.05) is 19.9 Å². The fourth-order valence-corrected chi connectivity index (χ4v) is 1.57. The highest BCUT2D eigenvalue weighted by molar-refractivity contribution is 5.16. The monoisotopic (exact) mass is 178 g/mol. The maximum atomic E-state index is 12.2. The van der Waals surface area contributed by atoms with E-state index >= 15 is 0 Å². The molecule has 0 heterocycles. The molecule has 0 atom stereocenters. The quantitative estimate of drug-likeness (QED) is 0.496. The summed E-state index contributed by atoms with van der Waals surface area (Å²) in [6, 6.07) is 0. The Morgan fingerprint density at radius 2 is 1.92 bits per heavy atom. The molecule has 1 aliphatic carbocycles. The lowest BCUT2D eigenvalue weighted by Crippen LogP contribution is -2.21. The Morgan fingerprint density at radius 1 is 1.33 bits per heavy atom. The third-order valence-corrected chi connectivity index (χ3v) is 2.20. The van der Waals surface area contributed by atoms with E-state index in [2.05, 4.69) is 0 Å². The number of rotatable bonds is 0. The molecule has 0 radical (unpaired) electrons. The summed E-state index contributed by atoms with van der Waals surface area (Å²) in [5, 5.41) is 0. The maximum absolute atomic E-state index is 12.2. The molecule has 0 N–H and O–H groups in total. The lowest BCUT2D eigenvalue weighted by atomic mass is 9.79. The van der Waals surface area contributed by atoms with E-state index in [1.807, 2.05) is 13.8 Å². The average molecular weight is 178 g/mol. The van der Waals surface area contributed by atoms with Gasteiger partial charge in [-0.2, -0.15) is 13.2 Å². The second kappa shape index (κ2) is 2.79. The molecule has 0 amide bonds. The van der Waals surface area contributed by atoms with E-state index < -0.39 is 6.18 Å². The predicted octanol–water partition coefficient (Wildman–Crippen LogP) is 3.69. The van der Waals surface area contributed by atoms with Gasteiger partial charge in [-0.25, -0.2) is 0 Å². The van der Waals surface area contributed by atoms with Crippen LogP contribution in [0, 0.1) is 5.41 Å². The first-order chi connectivity index (χ1) is 5.31. The van der Waals surface area contributed by atoms with Crippen molar-refractivity contribution in [3.8, 4) is 0 Å². The van der Waals surface area contributed by atoms with Crippen LogP contribution in [-0.4, -0.2) is 6.18 Å². The Bertz CT molecular complexity index is 198. The van der Waals surface area contributed by atoms with Crippen molar-refractivity contribution >= 4 is 0 Å². The third-order valence-electron chi connectivity index (χ3n) is 2.20. The van der Waals surface area contributed by atoms with E-state index in [1.165, 1.54) is 6.08 Å². The number of allylic oxidation sites excluding steroid dienone is 2. The summed E-state index contributed by atoms with van der Waals surface area (Å²) in [7, 11) is 0. The molecule has 0 bridgehead atoms. The van der Waals surface area contributed by atoms with Gasteiger partial charge in [-0.05, 0) is 24.7 Å². The topological polar surface area (TPSA) is 0 Å². The Kier molecular flexibility index (Phi) is 2.23. The van der Waals surface area contributed by atoms with Gasteiger partial charge in [0.05, 0.1) is 0 Å². The fraction of sp³-hybridized carbons (Fsp3) is 0.778. The lowest BCUT2D eigenvalue weighted by Gasteiger charge is -2.28. The Balaban J connectivity index is 2.85. The molecule has 0 aromatic carbocycles. The van der Waals surface area contributed by atoms with Crippen molar-refractivity contribution in [2.75, 3.05) is 0 Å². The van der Waals surface area contributed by atoms with Crippen LogP contribution >= 0.6 is 0 Å². The summed E-state index contributed by atoms with van der Waals surface area (Å²) in [6.07, 6.45) is -1.05. The SMILES string of the molecule is CC1(C)C=C(C(F)(F)F)CCC1. The van der Waals surface area contributed by atoms with Crippen molar-refractivity contribution in [3.05, 3.63) is 11.6 Å². The van der Waals surface area contributed by atoms with Crippen LogP contribution in [0.15, 0.2) is 11.6 Å². The van der Waals surface area contributed by atoms with Gasteiger partial charge in [0.1, 0.15) is 0 Å². The zero-order chi connectivity index (χ0) is 9.41. The van der Waals surface area contributed by atoms with Crippen LogP contribution in [0.25, 0.3) is 0 Å². The highest BCUT2D eigenvalue weighted by Crippen LogP contribution is 2.39. The number of alkyl halides is 3. The van der Waals surface area contributed by atoms with Crippen LogP contribution in [0.3, 0.4) is 0 Å². The van der Waals surface area contributed by atoms with Crippen LogP contribution in [0.2, 0.25) is 0 Å². The molecule has 3 heteroatoms. The van der Waals surface area contributed by atoms with Gasteiger partial charge < -0.3 is 0 Å².